The van der Waals surface area contributed by atoms with Gasteiger partial charge in [0, 0.05) is 18.1 Å². The summed E-state index contributed by atoms with van der Waals surface area (Å²) in [5.41, 5.74) is 7.30. The number of hydrogen-bond donors (Lipinski definition) is 2. The molecule has 1 heterocycles. The number of anilines is 2. The summed E-state index contributed by atoms with van der Waals surface area (Å²) in [7, 11) is 1.76. The number of hydrogen-bond acceptors (Lipinski definition) is 5. The predicted molar refractivity (Wildman–Crippen MR) is 58.2 cm³/mol. The molecule has 5 heteroatoms. The molecular weight excluding hydrogens is 190 g/mol. The highest BCUT2D eigenvalue weighted by Crippen LogP contribution is 2.24. The summed E-state index contributed by atoms with van der Waals surface area (Å²) in [6.45, 7) is 0. The molecule has 0 aliphatic rings. The Bertz CT molecular complexity index is 555. The van der Waals surface area contributed by atoms with Gasteiger partial charge in [0.2, 0.25) is 0 Å². The van der Waals surface area contributed by atoms with Crippen LogP contribution in [0.1, 0.15) is 5.56 Å². The minimum atomic E-state index is 0.462. The zero-order chi connectivity index (χ0) is 10.8. The van der Waals surface area contributed by atoms with Gasteiger partial charge in [0.15, 0.2) is 0 Å². The van der Waals surface area contributed by atoms with Gasteiger partial charge in [-0.3, -0.25) is 0 Å². The van der Waals surface area contributed by atoms with Gasteiger partial charge in [-0.1, -0.05) is 0 Å². The molecule has 2 rings (SSSR count). The summed E-state index contributed by atoms with van der Waals surface area (Å²) in [5.74, 6) is 0.670. The van der Waals surface area contributed by atoms with E-state index in [0.29, 0.717) is 22.6 Å². The first-order valence-electron chi connectivity index (χ1n) is 4.38. The largest absolute Gasteiger partial charge is 0.399 e. The number of nitrogens with zero attached hydrogens (tertiary/aromatic N) is 3. The minimum Gasteiger partial charge on any atom is -0.399 e. The molecule has 3 N–H and O–H groups in total. The standard InChI is InChI=1S/C10H9N5/c1-13-10-8-3-7(12)2-6(4-11)9(8)14-5-15-10/h2-3,5H,12H2,1H3,(H,13,14,15). The lowest BCUT2D eigenvalue weighted by atomic mass is 10.1. The number of nitrogens with one attached hydrogen (secondary N) is 1. The second-order valence-electron chi connectivity index (χ2n) is 3.05. The molecule has 0 atom stereocenters. The fourth-order valence-electron chi connectivity index (χ4n) is 1.47. The summed E-state index contributed by atoms with van der Waals surface area (Å²) in [6.07, 6.45) is 1.42. The number of rotatable bonds is 1. The van der Waals surface area contributed by atoms with Gasteiger partial charge in [-0.2, -0.15) is 5.26 Å². The monoisotopic (exact) mass is 199 g/mol. The van der Waals surface area contributed by atoms with Crippen molar-refractivity contribution in [2.75, 3.05) is 18.1 Å². The highest BCUT2D eigenvalue weighted by atomic mass is 15.0. The molecule has 0 saturated heterocycles. The van der Waals surface area contributed by atoms with Crippen LogP contribution in [0.2, 0.25) is 0 Å². The van der Waals surface area contributed by atoms with Crippen LogP contribution in [0, 0.1) is 11.3 Å². The lowest BCUT2D eigenvalue weighted by molar-refractivity contribution is 1.20. The molecule has 1 aromatic carbocycles. The second-order valence-corrected chi connectivity index (χ2v) is 3.05. The Hall–Kier alpha value is -2.35. The van der Waals surface area contributed by atoms with Gasteiger partial charge in [-0.15, -0.1) is 0 Å². The Morgan fingerprint density at radius 3 is 2.87 bits per heavy atom. The molecule has 0 amide bonds. The Labute approximate surface area is 86.6 Å². The maximum absolute atomic E-state index is 8.94. The van der Waals surface area contributed by atoms with Gasteiger partial charge in [-0.25, -0.2) is 9.97 Å². The number of nitrogen functional groups attached to an aromatic ring is 1. The van der Waals surface area contributed by atoms with Gasteiger partial charge >= 0.3 is 0 Å². The first-order chi connectivity index (χ1) is 7.26. The molecule has 2 aromatic rings. The van der Waals surface area contributed by atoms with E-state index in [1.165, 1.54) is 6.33 Å². The average Bonchev–Trinajstić information content (AvgIpc) is 2.27. The van der Waals surface area contributed by atoms with Crippen molar-refractivity contribution >= 4 is 22.4 Å². The van der Waals surface area contributed by atoms with Crippen LogP contribution in [0.15, 0.2) is 18.5 Å². The zero-order valence-corrected chi connectivity index (χ0v) is 8.15. The number of aromatic nitrogens is 2. The number of fused-ring (bicyclic) bond motifs is 1. The summed E-state index contributed by atoms with van der Waals surface area (Å²) in [5, 5.41) is 12.6. The van der Waals surface area contributed by atoms with Crippen molar-refractivity contribution < 1.29 is 0 Å². The van der Waals surface area contributed by atoms with Gasteiger partial charge in [0.05, 0.1) is 11.1 Å². The molecule has 0 aliphatic carbocycles. The van der Waals surface area contributed by atoms with Crippen molar-refractivity contribution in [1.82, 2.24) is 9.97 Å². The van der Waals surface area contributed by atoms with Crippen molar-refractivity contribution in [3.63, 3.8) is 0 Å². The average molecular weight is 199 g/mol. The Kier molecular flexibility index (Phi) is 2.10. The topological polar surface area (TPSA) is 87.6 Å². The van der Waals surface area contributed by atoms with E-state index in [0.717, 1.165) is 5.39 Å². The molecule has 0 unspecified atom stereocenters. The summed E-state index contributed by atoms with van der Waals surface area (Å²) in [6, 6.07) is 5.42. The fraction of sp³-hybridized carbons (Fsp3) is 0.100. The lowest BCUT2D eigenvalue weighted by Gasteiger charge is -2.05. The van der Waals surface area contributed by atoms with Crippen molar-refractivity contribution in [2.24, 2.45) is 0 Å². The van der Waals surface area contributed by atoms with Crippen LogP contribution in [0.5, 0.6) is 0 Å². The van der Waals surface area contributed by atoms with Crippen LogP contribution in [0.4, 0.5) is 11.5 Å². The predicted octanol–water partition coefficient (Wildman–Crippen LogP) is 1.13. The molecule has 0 saturated carbocycles. The van der Waals surface area contributed by atoms with Crippen LogP contribution < -0.4 is 11.1 Å². The minimum absolute atomic E-state index is 0.462. The fourth-order valence-corrected chi connectivity index (χ4v) is 1.47. The van der Waals surface area contributed by atoms with Crippen molar-refractivity contribution in [3.8, 4) is 6.07 Å². The second kappa shape index (κ2) is 3.42. The highest BCUT2D eigenvalue weighted by molar-refractivity contribution is 5.94. The van der Waals surface area contributed by atoms with Crippen molar-refractivity contribution in [3.05, 3.63) is 24.0 Å². The molecule has 15 heavy (non-hydrogen) atoms. The Morgan fingerprint density at radius 1 is 1.40 bits per heavy atom. The van der Waals surface area contributed by atoms with Crippen molar-refractivity contribution in [1.29, 1.82) is 5.26 Å². The van der Waals surface area contributed by atoms with E-state index in [4.69, 9.17) is 11.0 Å². The molecule has 0 radical (unpaired) electrons. The van der Waals surface area contributed by atoms with E-state index >= 15 is 0 Å². The number of benzene rings is 1. The molecule has 0 bridgehead atoms. The Balaban J connectivity index is 2.90. The maximum atomic E-state index is 8.94. The van der Waals surface area contributed by atoms with Crippen LogP contribution in [-0.2, 0) is 0 Å². The van der Waals surface area contributed by atoms with Crippen LogP contribution >= 0.6 is 0 Å². The normalized spacial score (nSPS) is 9.87. The summed E-state index contributed by atoms with van der Waals surface area (Å²) in [4.78, 5) is 8.13. The van der Waals surface area contributed by atoms with E-state index in [1.807, 2.05) is 0 Å². The molecule has 0 fully saturated rings. The van der Waals surface area contributed by atoms with E-state index in [2.05, 4.69) is 21.4 Å². The van der Waals surface area contributed by atoms with E-state index < -0.39 is 0 Å². The third-order valence-electron chi connectivity index (χ3n) is 2.12. The van der Waals surface area contributed by atoms with Gasteiger partial charge in [-0.05, 0) is 12.1 Å². The third kappa shape index (κ3) is 1.42. The first-order valence-corrected chi connectivity index (χ1v) is 4.38. The van der Waals surface area contributed by atoms with Gasteiger partial charge in [0.25, 0.3) is 0 Å². The summed E-state index contributed by atoms with van der Waals surface area (Å²) < 4.78 is 0. The molecule has 0 aliphatic heterocycles. The van der Waals surface area contributed by atoms with Crippen LogP contribution in [0.3, 0.4) is 0 Å². The molecule has 0 spiro atoms. The van der Waals surface area contributed by atoms with Crippen LogP contribution in [0.25, 0.3) is 10.9 Å². The third-order valence-corrected chi connectivity index (χ3v) is 2.12. The SMILES string of the molecule is CNc1ncnc2c(C#N)cc(N)cc12. The zero-order valence-electron chi connectivity index (χ0n) is 8.15. The molecule has 1 aromatic heterocycles. The Morgan fingerprint density at radius 2 is 2.20 bits per heavy atom. The van der Waals surface area contributed by atoms with E-state index in [1.54, 1.807) is 19.2 Å². The van der Waals surface area contributed by atoms with Gasteiger partial charge < -0.3 is 11.1 Å². The van der Waals surface area contributed by atoms with E-state index in [9.17, 15) is 0 Å². The lowest BCUT2D eigenvalue weighted by Crippen LogP contribution is -1.97. The van der Waals surface area contributed by atoms with Crippen molar-refractivity contribution in [2.45, 2.75) is 0 Å². The highest BCUT2D eigenvalue weighted by Gasteiger charge is 2.07. The van der Waals surface area contributed by atoms with Gasteiger partial charge in [0.1, 0.15) is 18.2 Å². The quantitative estimate of drug-likeness (QED) is 0.672. The molecule has 74 valence electrons. The first kappa shape index (κ1) is 9.21. The molecular formula is C10H9N5. The number of nitriles is 1. The maximum Gasteiger partial charge on any atom is 0.137 e. The molecule has 5 nitrogen and oxygen atoms in total. The van der Waals surface area contributed by atoms with E-state index in [-0.39, 0.29) is 0 Å². The number of nitrogens with two attached hydrogens (primary N) is 1. The van der Waals surface area contributed by atoms with Crippen LogP contribution in [-0.4, -0.2) is 17.0 Å². The summed E-state index contributed by atoms with van der Waals surface area (Å²) >= 11 is 0. The smallest absolute Gasteiger partial charge is 0.137 e.